The van der Waals surface area contributed by atoms with Crippen LogP contribution in [0.15, 0.2) is 28.8 Å². The Kier molecular flexibility index (Phi) is 5.83. The van der Waals surface area contributed by atoms with Gasteiger partial charge in [0.2, 0.25) is 5.82 Å². The molecule has 0 atom stereocenters. The molecule has 0 saturated heterocycles. The lowest BCUT2D eigenvalue weighted by Gasteiger charge is -2.11. The minimum Gasteiger partial charge on any atom is -0.494 e. The summed E-state index contributed by atoms with van der Waals surface area (Å²) < 4.78 is 48.1. The summed E-state index contributed by atoms with van der Waals surface area (Å²) in [7, 11) is 0. The first kappa shape index (κ1) is 20.1. The Balaban J connectivity index is 1.64. The maximum absolute atomic E-state index is 12.7. The number of halogens is 4. The number of aromatic nitrogens is 4. The fraction of sp³-hybridized carbons (Fsp3) is 0.333. The molecule has 0 aliphatic rings. The molecule has 6 nitrogen and oxygen atoms in total. The third-order valence-corrected chi connectivity index (χ3v) is 4.13. The predicted octanol–water partition coefficient (Wildman–Crippen LogP) is 4.83. The van der Waals surface area contributed by atoms with Gasteiger partial charge in [0.15, 0.2) is 5.15 Å². The summed E-state index contributed by atoms with van der Waals surface area (Å²) in [6, 6.07) is 6.94. The number of hydrogen-bond acceptors (Lipinski definition) is 6. The second-order valence-electron chi connectivity index (χ2n) is 6.15. The quantitative estimate of drug-likeness (QED) is 0.540. The van der Waals surface area contributed by atoms with Crippen LogP contribution in [0.4, 0.5) is 13.2 Å². The van der Waals surface area contributed by atoms with E-state index in [-0.39, 0.29) is 5.82 Å². The number of ether oxygens (including phenoxy) is 1. The number of benzene rings is 1. The van der Waals surface area contributed by atoms with E-state index in [1.54, 1.807) is 38.1 Å². The van der Waals surface area contributed by atoms with Crippen LogP contribution in [-0.4, -0.2) is 26.9 Å². The highest BCUT2D eigenvalue weighted by Crippen LogP contribution is 2.33. The average molecular weight is 413 g/mol. The van der Waals surface area contributed by atoms with E-state index >= 15 is 0 Å². The molecule has 0 amide bonds. The van der Waals surface area contributed by atoms with Crippen LogP contribution in [0.5, 0.6) is 5.75 Å². The van der Waals surface area contributed by atoms with Crippen molar-refractivity contribution in [1.29, 1.82) is 0 Å². The molecule has 148 valence electrons. The number of alkyl halides is 3. The Labute approximate surface area is 163 Å². The molecule has 2 aromatic heterocycles. The highest BCUT2D eigenvalue weighted by atomic mass is 35.5. The normalized spacial score (nSPS) is 11.6. The molecule has 3 rings (SSSR count). The van der Waals surface area contributed by atoms with E-state index in [9.17, 15) is 13.2 Å². The summed E-state index contributed by atoms with van der Waals surface area (Å²) in [5, 5.41) is 11.5. The smallest absolute Gasteiger partial charge is 0.471 e. The van der Waals surface area contributed by atoms with Gasteiger partial charge < -0.3 is 9.26 Å². The lowest BCUT2D eigenvalue weighted by Crippen LogP contribution is -2.05. The molecule has 1 aromatic carbocycles. The van der Waals surface area contributed by atoms with Crippen molar-refractivity contribution in [2.45, 2.75) is 32.9 Å². The van der Waals surface area contributed by atoms with Crippen molar-refractivity contribution < 1.29 is 22.4 Å². The van der Waals surface area contributed by atoms with Gasteiger partial charge in [0.1, 0.15) is 5.75 Å². The first-order valence-electron chi connectivity index (χ1n) is 8.37. The first-order valence-corrected chi connectivity index (χ1v) is 8.75. The highest BCUT2D eigenvalue weighted by molar-refractivity contribution is 6.29. The van der Waals surface area contributed by atoms with Gasteiger partial charge in [-0.2, -0.15) is 23.3 Å². The molecule has 0 aliphatic carbocycles. The minimum atomic E-state index is -4.68. The van der Waals surface area contributed by atoms with Crippen LogP contribution in [0, 0.1) is 13.8 Å². The molecule has 0 saturated carbocycles. The minimum absolute atomic E-state index is 0.102. The Bertz CT molecular complexity index is 935. The Morgan fingerprint density at radius 3 is 2.39 bits per heavy atom. The van der Waals surface area contributed by atoms with E-state index in [0.717, 1.165) is 12.1 Å². The molecular formula is C18H16ClF3N4O2. The summed E-state index contributed by atoms with van der Waals surface area (Å²) in [5.74, 6) is -0.859. The zero-order valence-corrected chi connectivity index (χ0v) is 15.8. The van der Waals surface area contributed by atoms with Gasteiger partial charge in [0.25, 0.3) is 0 Å². The van der Waals surface area contributed by atoms with Crippen molar-refractivity contribution in [2.75, 3.05) is 6.61 Å². The topological polar surface area (TPSA) is 73.9 Å². The summed E-state index contributed by atoms with van der Waals surface area (Å²) in [4.78, 5) is 3.45. The number of nitrogens with zero attached hydrogens (tertiary/aromatic N) is 4. The summed E-state index contributed by atoms with van der Waals surface area (Å²) in [5.41, 5.74) is 2.68. The van der Waals surface area contributed by atoms with Crippen molar-refractivity contribution in [1.82, 2.24) is 20.3 Å². The lowest BCUT2D eigenvalue weighted by atomic mass is 10.0. The third-order valence-electron chi connectivity index (χ3n) is 3.93. The van der Waals surface area contributed by atoms with Crippen LogP contribution >= 0.6 is 11.6 Å². The van der Waals surface area contributed by atoms with Gasteiger partial charge in [-0.05, 0) is 62.1 Å². The molecule has 0 bridgehead atoms. The van der Waals surface area contributed by atoms with E-state index in [1.165, 1.54) is 0 Å². The molecule has 2 heterocycles. The molecule has 0 spiro atoms. The number of aryl methyl sites for hydroxylation is 3. The summed E-state index contributed by atoms with van der Waals surface area (Å²) in [6.45, 7) is 3.95. The van der Waals surface area contributed by atoms with E-state index < -0.39 is 12.1 Å². The van der Waals surface area contributed by atoms with Crippen molar-refractivity contribution in [3.63, 3.8) is 0 Å². The molecule has 0 fully saturated rings. The van der Waals surface area contributed by atoms with Gasteiger partial charge >= 0.3 is 12.1 Å². The molecule has 10 heteroatoms. The monoisotopic (exact) mass is 412 g/mol. The second kappa shape index (κ2) is 8.14. The Hall–Kier alpha value is -2.68. The Morgan fingerprint density at radius 1 is 1.11 bits per heavy atom. The highest BCUT2D eigenvalue weighted by Gasteiger charge is 2.38. The predicted molar refractivity (Wildman–Crippen MR) is 95.1 cm³/mol. The van der Waals surface area contributed by atoms with Crippen LogP contribution < -0.4 is 4.74 Å². The molecule has 0 unspecified atom stereocenters. The molecule has 0 aliphatic heterocycles. The van der Waals surface area contributed by atoms with Crippen molar-refractivity contribution in [3.05, 3.63) is 52.1 Å². The largest absolute Gasteiger partial charge is 0.494 e. The standard InChI is InChI=1S/C18H16ClF3N4O2/c1-10-8-13(27-7-3-4-12-5-6-14(19)25-24-12)9-11(2)15(10)16-23-17(28-26-16)18(20,21)22/h5-6,8-9H,3-4,7H2,1-2H3. The molecule has 0 N–H and O–H groups in total. The average Bonchev–Trinajstić information content (AvgIpc) is 3.10. The molecule has 0 radical (unpaired) electrons. The number of hydrogen-bond donors (Lipinski definition) is 0. The fourth-order valence-electron chi connectivity index (χ4n) is 2.72. The van der Waals surface area contributed by atoms with E-state index in [1.807, 2.05) is 0 Å². The van der Waals surface area contributed by atoms with E-state index in [2.05, 4.69) is 24.9 Å². The van der Waals surface area contributed by atoms with Crippen LogP contribution in [-0.2, 0) is 12.6 Å². The van der Waals surface area contributed by atoms with Crippen LogP contribution in [0.1, 0.15) is 29.1 Å². The fourth-order valence-corrected chi connectivity index (χ4v) is 2.82. The Morgan fingerprint density at radius 2 is 1.82 bits per heavy atom. The number of rotatable bonds is 6. The van der Waals surface area contributed by atoms with Crippen molar-refractivity contribution >= 4 is 11.6 Å². The van der Waals surface area contributed by atoms with Gasteiger partial charge in [-0.3, -0.25) is 0 Å². The van der Waals surface area contributed by atoms with Gasteiger partial charge in [0, 0.05) is 5.56 Å². The van der Waals surface area contributed by atoms with Gasteiger partial charge in [-0.1, -0.05) is 16.8 Å². The zero-order chi connectivity index (χ0) is 20.3. The summed E-state index contributed by atoms with van der Waals surface area (Å²) in [6.07, 6.45) is -3.27. The van der Waals surface area contributed by atoms with Crippen LogP contribution in [0.25, 0.3) is 11.4 Å². The maximum atomic E-state index is 12.7. The second-order valence-corrected chi connectivity index (χ2v) is 6.54. The molecule has 3 aromatic rings. The maximum Gasteiger partial charge on any atom is 0.471 e. The van der Waals surface area contributed by atoms with Crippen molar-refractivity contribution in [3.8, 4) is 17.1 Å². The third kappa shape index (κ3) is 4.78. The zero-order valence-electron chi connectivity index (χ0n) is 15.0. The van der Waals surface area contributed by atoms with E-state index in [4.69, 9.17) is 16.3 Å². The van der Waals surface area contributed by atoms with Gasteiger partial charge in [-0.25, -0.2) is 0 Å². The van der Waals surface area contributed by atoms with Gasteiger partial charge in [0.05, 0.1) is 12.3 Å². The van der Waals surface area contributed by atoms with Crippen molar-refractivity contribution in [2.24, 2.45) is 0 Å². The summed E-state index contributed by atoms with van der Waals surface area (Å²) >= 11 is 5.69. The van der Waals surface area contributed by atoms with E-state index in [0.29, 0.717) is 40.6 Å². The molecular weight excluding hydrogens is 397 g/mol. The van der Waals surface area contributed by atoms with Crippen LogP contribution in [0.3, 0.4) is 0 Å². The van der Waals surface area contributed by atoms with Gasteiger partial charge in [-0.15, -0.1) is 5.10 Å². The lowest BCUT2D eigenvalue weighted by molar-refractivity contribution is -0.159. The molecule has 28 heavy (non-hydrogen) atoms. The first-order chi connectivity index (χ1) is 13.2. The SMILES string of the molecule is Cc1cc(OCCCc2ccc(Cl)nn2)cc(C)c1-c1noc(C(F)(F)F)n1. The van der Waals surface area contributed by atoms with Crippen LogP contribution in [0.2, 0.25) is 5.15 Å².